The van der Waals surface area contributed by atoms with Crippen LogP contribution in [0.2, 0.25) is 0 Å². The van der Waals surface area contributed by atoms with E-state index in [2.05, 4.69) is 33.9 Å². The zero-order valence-corrected chi connectivity index (χ0v) is 13.1. The summed E-state index contributed by atoms with van der Waals surface area (Å²) in [7, 11) is 0. The van der Waals surface area contributed by atoms with Crippen molar-refractivity contribution in [3.8, 4) is 0 Å². The zero-order valence-electron chi connectivity index (χ0n) is 12.3. The minimum absolute atomic E-state index is 0.105. The van der Waals surface area contributed by atoms with Gasteiger partial charge in [0.2, 0.25) is 5.91 Å². The molecule has 0 radical (unpaired) electrons. The lowest BCUT2D eigenvalue weighted by Gasteiger charge is -2.11. The Bertz CT molecular complexity index is 403. The second-order valence-corrected chi connectivity index (χ2v) is 5.69. The third-order valence-electron chi connectivity index (χ3n) is 2.74. The number of hydrogen-bond acceptors (Lipinski definition) is 4. The molecule has 108 valence electrons. The van der Waals surface area contributed by atoms with Crippen molar-refractivity contribution in [3.05, 3.63) is 5.82 Å². The predicted octanol–water partition coefficient (Wildman–Crippen LogP) is 2.11. The Hall–Kier alpha value is -1.04. The summed E-state index contributed by atoms with van der Waals surface area (Å²) in [5, 5.41) is 12.3. The summed E-state index contributed by atoms with van der Waals surface area (Å²) in [6.45, 7) is 7.89. The smallest absolute Gasteiger partial charge is 0.219 e. The zero-order chi connectivity index (χ0) is 14.3. The van der Waals surface area contributed by atoms with Crippen LogP contribution in [0.5, 0.6) is 0 Å². The summed E-state index contributed by atoms with van der Waals surface area (Å²) in [6.07, 6.45) is 4.31. The van der Waals surface area contributed by atoms with Gasteiger partial charge in [-0.15, -0.1) is 10.2 Å². The van der Waals surface area contributed by atoms with Crippen molar-refractivity contribution in [2.24, 2.45) is 5.92 Å². The van der Waals surface area contributed by atoms with E-state index in [0.717, 1.165) is 30.4 Å². The van der Waals surface area contributed by atoms with Gasteiger partial charge in [-0.2, -0.15) is 0 Å². The van der Waals surface area contributed by atoms with Crippen molar-refractivity contribution in [1.82, 2.24) is 20.1 Å². The summed E-state index contributed by atoms with van der Waals surface area (Å²) in [5.74, 6) is 1.69. The standard InChI is InChI=1S/C13H24N4OS/c1-5-12(18)14-8-6-7-11-15-16-13(19-4)17(11)9-10(2)3/h10H,5-9H2,1-4H3,(H,14,18). The highest BCUT2D eigenvalue weighted by molar-refractivity contribution is 7.98. The molecule has 0 aliphatic heterocycles. The van der Waals surface area contributed by atoms with Gasteiger partial charge in [0.25, 0.3) is 0 Å². The molecule has 1 aromatic rings. The molecule has 0 aliphatic carbocycles. The molecule has 19 heavy (non-hydrogen) atoms. The number of carbonyl (C=O) groups excluding carboxylic acids is 1. The van der Waals surface area contributed by atoms with Gasteiger partial charge in [0.15, 0.2) is 5.16 Å². The molecule has 1 aromatic heterocycles. The first-order valence-corrected chi connectivity index (χ1v) is 8.03. The van der Waals surface area contributed by atoms with E-state index in [1.807, 2.05) is 13.2 Å². The van der Waals surface area contributed by atoms with Crippen LogP contribution in [0.1, 0.15) is 39.4 Å². The fourth-order valence-electron chi connectivity index (χ4n) is 1.80. The van der Waals surface area contributed by atoms with Gasteiger partial charge in [-0.25, -0.2) is 0 Å². The molecule has 0 atom stereocenters. The number of aryl methyl sites for hydroxylation is 1. The van der Waals surface area contributed by atoms with E-state index >= 15 is 0 Å². The van der Waals surface area contributed by atoms with Crippen molar-refractivity contribution in [3.63, 3.8) is 0 Å². The molecule has 1 N–H and O–H groups in total. The lowest BCUT2D eigenvalue weighted by molar-refractivity contribution is -0.120. The molecule has 6 heteroatoms. The van der Waals surface area contributed by atoms with Crippen LogP contribution < -0.4 is 5.32 Å². The van der Waals surface area contributed by atoms with Crippen molar-refractivity contribution in [1.29, 1.82) is 0 Å². The molecule has 1 amide bonds. The van der Waals surface area contributed by atoms with Gasteiger partial charge in [0, 0.05) is 25.9 Å². The molecule has 1 heterocycles. The van der Waals surface area contributed by atoms with E-state index in [1.165, 1.54) is 0 Å². The predicted molar refractivity (Wildman–Crippen MR) is 78.3 cm³/mol. The van der Waals surface area contributed by atoms with Crippen LogP contribution >= 0.6 is 11.8 Å². The Balaban J connectivity index is 2.53. The normalized spacial score (nSPS) is 11.0. The second-order valence-electron chi connectivity index (χ2n) is 4.91. The molecule has 0 fully saturated rings. The maximum atomic E-state index is 11.1. The van der Waals surface area contributed by atoms with Gasteiger partial charge in [-0.1, -0.05) is 32.5 Å². The number of carbonyl (C=O) groups is 1. The number of rotatable bonds is 8. The van der Waals surface area contributed by atoms with Crippen LogP contribution in [0.25, 0.3) is 0 Å². The minimum atomic E-state index is 0.105. The summed E-state index contributed by atoms with van der Waals surface area (Å²) in [5.41, 5.74) is 0. The van der Waals surface area contributed by atoms with Crippen LogP contribution in [-0.2, 0) is 17.8 Å². The summed E-state index contributed by atoms with van der Waals surface area (Å²) in [6, 6.07) is 0. The van der Waals surface area contributed by atoms with Crippen LogP contribution in [-0.4, -0.2) is 33.5 Å². The molecule has 0 spiro atoms. The highest BCUT2D eigenvalue weighted by atomic mass is 32.2. The van der Waals surface area contributed by atoms with E-state index in [0.29, 0.717) is 18.9 Å². The monoisotopic (exact) mass is 284 g/mol. The van der Waals surface area contributed by atoms with Gasteiger partial charge in [-0.05, 0) is 18.6 Å². The van der Waals surface area contributed by atoms with Crippen molar-refractivity contribution in [2.75, 3.05) is 12.8 Å². The third-order valence-corrected chi connectivity index (χ3v) is 3.41. The van der Waals surface area contributed by atoms with Crippen molar-refractivity contribution >= 4 is 17.7 Å². The molecular formula is C13H24N4OS. The molecular weight excluding hydrogens is 260 g/mol. The second kappa shape index (κ2) is 8.19. The Labute approximate surface area is 119 Å². The van der Waals surface area contributed by atoms with Gasteiger partial charge >= 0.3 is 0 Å². The topological polar surface area (TPSA) is 59.8 Å². The molecule has 0 saturated carbocycles. The molecule has 0 bridgehead atoms. The average Bonchev–Trinajstić information content (AvgIpc) is 2.76. The fraction of sp³-hybridized carbons (Fsp3) is 0.769. The first-order valence-electron chi connectivity index (χ1n) is 6.81. The van der Waals surface area contributed by atoms with Crippen LogP contribution in [0.4, 0.5) is 0 Å². The maximum absolute atomic E-state index is 11.1. The van der Waals surface area contributed by atoms with E-state index in [-0.39, 0.29) is 5.91 Å². The highest BCUT2D eigenvalue weighted by Crippen LogP contribution is 2.16. The van der Waals surface area contributed by atoms with Crippen LogP contribution in [0, 0.1) is 5.92 Å². The Morgan fingerprint density at radius 3 is 2.74 bits per heavy atom. The van der Waals surface area contributed by atoms with Gasteiger partial charge in [0.1, 0.15) is 5.82 Å². The maximum Gasteiger partial charge on any atom is 0.219 e. The Kier molecular flexibility index (Phi) is 6.91. The number of thioether (sulfide) groups is 1. The van der Waals surface area contributed by atoms with Crippen LogP contribution in [0.15, 0.2) is 5.16 Å². The first kappa shape index (κ1) is 16.0. The minimum Gasteiger partial charge on any atom is -0.356 e. The summed E-state index contributed by atoms with van der Waals surface area (Å²) in [4.78, 5) is 11.1. The molecule has 0 aliphatic rings. The largest absolute Gasteiger partial charge is 0.356 e. The number of nitrogens with one attached hydrogen (secondary N) is 1. The SMILES string of the molecule is CCC(=O)NCCCc1nnc(SC)n1CC(C)C. The number of aromatic nitrogens is 3. The van der Waals surface area contributed by atoms with E-state index < -0.39 is 0 Å². The number of nitrogens with zero attached hydrogens (tertiary/aromatic N) is 3. The lowest BCUT2D eigenvalue weighted by atomic mass is 10.2. The average molecular weight is 284 g/mol. The molecule has 5 nitrogen and oxygen atoms in total. The van der Waals surface area contributed by atoms with Crippen molar-refractivity contribution < 1.29 is 4.79 Å². The third kappa shape index (κ3) is 5.22. The van der Waals surface area contributed by atoms with E-state index in [4.69, 9.17) is 0 Å². The Morgan fingerprint density at radius 1 is 1.42 bits per heavy atom. The highest BCUT2D eigenvalue weighted by Gasteiger charge is 2.12. The number of amides is 1. The summed E-state index contributed by atoms with van der Waals surface area (Å²) < 4.78 is 2.19. The van der Waals surface area contributed by atoms with E-state index in [1.54, 1.807) is 11.8 Å². The van der Waals surface area contributed by atoms with Crippen LogP contribution in [0.3, 0.4) is 0 Å². The lowest BCUT2D eigenvalue weighted by Crippen LogP contribution is -2.23. The van der Waals surface area contributed by atoms with E-state index in [9.17, 15) is 4.79 Å². The van der Waals surface area contributed by atoms with Crippen molar-refractivity contribution in [2.45, 2.75) is 51.7 Å². The van der Waals surface area contributed by atoms with Gasteiger partial charge < -0.3 is 9.88 Å². The quantitative estimate of drug-likeness (QED) is 0.587. The Morgan fingerprint density at radius 2 is 2.16 bits per heavy atom. The summed E-state index contributed by atoms with van der Waals surface area (Å²) >= 11 is 1.63. The molecule has 1 rings (SSSR count). The van der Waals surface area contributed by atoms with Gasteiger partial charge in [0.05, 0.1) is 0 Å². The fourth-order valence-corrected chi connectivity index (χ4v) is 2.33. The first-order chi connectivity index (χ1) is 9.08. The molecule has 0 unspecified atom stereocenters. The van der Waals surface area contributed by atoms with Gasteiger partial charge in [-0.3, -0.25) is 4.79 Å². The number of hydrogen-bond donors (Lipinski definition) is 1. The molecule has 0 aromatic carbocycles. The molecule has 0 saturated heterocycles.